The third kappa shape index (κ3) is 2.78. The van der Waals surface area contributed by atoms with Gasteiger partial charge >= 0.3 is 0 Å². The molecule has 132 valence electrons. The summed E-state index contributed by atoms with van der Waals surface area (Å²) in [5.74, 6) is 0.601. The maximum atomic E-state index is 14.4. The number of halogens is 3. The highest BCUT2D eigenvalue weighted by Gasteiger charge is 2.53. The van der Waals surface area contributed by atoms with Crippen molar-refractivity contribution in [2.24, 2.45) is 10.9 Å². The summed E-state index contributed by atoms with van der Waals surface area (Å²) in [6, 6.07) is 4.62. The fraction of sp³-hybridized carbons (Fsp3) is 0.389. The summed E-state index contributed by atoms with van der Waals surface area (Å²) in [7, 11) is 0. The van der Waals surface area contributed by atoms with Crippen LogP contribution >= 0.6 is 11.6 Å². The van der Waals surface area contributed by atoms with Crippen molar-refractivity contribution < 1.29 is 18.7 Å². The van der Waals surface area contributed by atoms with Crippen LogP contribution in [0.3, 0.4) is 0 Å². The second-order valence-electron chi connectivity index (χ2n) is 6.48. The summed E-state index contributed by atoms with van der Waals surface area (Å²) in [4.78, 5) is 4.32. The number of nitrogens with zero attached hydrogens (tertiary/aromatic N) is 2. The highest BCUT2D eigenvalue weighted by atomic mass is 35.5. The molecular formula is C18H17ClF2N2O2. The van der Waals surface area contributed by atoms with Crippen molar-refractivity contribution in [3.63, 3.8) is 0 Å². The lowest BCUT2D eigenvalue weighted by Crippen LogP contribution is -2.47. The minimum atomic E-state index is -2.85. The van der Waals surface area contributed by atoms with Gasteiger partial charge in [-0.2, -0.15) is 0 Å². The lowest BCUT2D eigenvalue weighted by Gasteiger charge is -2.41. The van der Waals surface area contributed by atoms with Crippen molar-refractivity contribution >= 4 is 23.1 Å². The second-order valence-corrected chi connectivity index (χ2v) is 6.92. The summed E-state index contributed by atoms with van der Waals surface area (Å²) < 4.78 is 34.7. The number of benzene rings is 1. The Morgan fingerprint density at radius 1 is 1.40 bits per heavy atom. The summed E-state index contributed by atoms with van der Waals surface area (Å²) in [6.45, 7) is 0.209. The van der Waals surface area contributed by atoms with Gasteiger partial charge in [0.15, 0.2) is 11.4 Å². The number of hydrogen-bond donors (Lipinski definition) is 1. The van der Waals surface area contributed by atoms with E-state index in [1.165, 1.54) is 24.4 Å². The van der Waals surface area contributed by atoms with Crippen LogP contribution in [0.4, 0.5) is 14.5 Å². The van der Waals surface area contributed by atoms with E-state index in [9.17, 15) is 14.0 Å². The molecule has 4 rings (SSSR count). The lowest BCUT2D eigenvalue weighted by atomic mass is 9.81. The molecule has 1 saturated carbocycles. The highest BCUT2D eigenvalue weighted by molar-refractivity contribution is 6.30. The van der Waals surface area contributed by atoms with Gasteiger partial charge in [0.05, 0.1) is 5.69 Å². The molecular weight excluding hydrogens is 350 g/mol. The fourth-order valence-electron chi connectivity index (χ4n) is 3.30. The van der Waals surface area contributed by atoms with E-state index in [1.54, 1.807) is 12.1 Å². The number of hydrogen-bond acceptors (Lipinski definition) is 4. The number of allylic oxidation sites excluding steroid dienone is 2. The average molecular weight is 367 g/mol. The van der Waals surface area contributed by atoms with E-state index in [1.807, 2.05) is 0 Å². The molecule has 1 aliphatic carbocycles. The predicted molar refractivity (Wildman–Crippen MR) is 90.4 cm³/mol. The van der Waals surface area contributed by atoms with Crippen molar-refractivity contribution in [1.29, 1.82) is 0 Å². The Balaban J connectivity index is 1.85. The highest BCUT2D eigenvalue weighted by Crippen LogP contribution is 2.49. The van der Waals surface area contributed by atoms with Gasteiger partial charge in [-0.25, -0.2) is 18.8 Å². The number of aliphatic imine (C=N–C) groups is 1. The monoisotopic (exact) mass is 366 g/mol. The molecule has 7 heteroatoms. The molecule has 2 heterocycles. The Kier molecular flexibility index (Phi) is 4.14. The first-order valence-electron chi connectivity index (χ1n) is 8.20. The Labute approximate surface area is 149 Å². The molecule has 2 aliphatic heterocycles. The van der Waals surface area contributed by atoms with E-state index in [0.717, 1.165) is 24.3 Å². The molecule has 3 aliphatic rings. The summed E-state index contributed by atoms with van der Waals surface area (Å²) in [5, 5.41) is 11.1. The topological polar surface area (TPSA) is 45.1 Å². The summed E-state index contributed by atoms with van der Waals surface area (Å²) >= 11 is 6.06. The fourth-order valence-corrected chi connectivity index (χ4v) is 3.47. The molecule has 1 aromatic carbocycles. The van der Waals surface area contributed by atoms with Crippen molar-refractivity contribution in [3.05, 3.63) is 52.7 Å². The second kappa shape index (κ2) is 6.20. The van der Waals surface area contributed by atoms with Gasteiger partial charge in [-0.05, 0) is 36.6 Å². The van der Waals surface area contributed by atoms with Gasteiger partial charge < -0.3 is 4.74 Å². The van der Waals surface area contributed by atoms with E-state index in [2.05, 4.69) is 4.99 Å². The summed E-state index contributed by atoms with van der Waals surface area (Å²) in [6.07, 6.45) is 4.49. The van der Waals surface area contributed by atoms with Crippen LogP contribution in [0, 0.1) is 5.92 Å². The first-order chi connectivity index (χ1) is 12.0. The molecule has 1 fully saturated rings. The minimum Gasteiger partial charge on any atom is -0.359 e. The van der Waals surface area contributed by atoms with E-state index in [0.29, 0.717) is 16.6 Å². The maximum Gasteiger partial charge on any atom is 0.275 e. The number of fused-ring (bicyclic) bond motifs is 2. The molecule has 1 unspecified atom stereocenters. The van der Waals surface area contributed by atoms with Gasteiger partial charge in [-0.3, -0.25) is 5.21 Å². The van der Waals surface area contributed by atoms with Crippen molar-refractivity contribution in [3.8, 4) is 0 Å². The van der Waals surface area contributed by atoms with Crippen LogP contribution in [0.25, 0.3) is 0 Å². The van der Waals surface area contributed by atoms with Gasteiger partial charge in [-0.15, -0.1) is 0 Å². The quantitative estimate of drug-likeness (QED) is 0.813. The zero-order valence-electron chi connectivity index (χ0n) is 13.3. The number of amidine groups is 1. The van der Waals surface area contributed by atoms with Crippen LogP contribution in [0.1, 0.15) is 24.8 Å². The number of hydroxylamine groups is 2. The standard InChI is InChI=1S/C18H17ClF2N2O2/c19-12-5-6-15-14(10-12)18(17(20)21,25-9-7-11-3-4-11)13-2-1-8-23(24)16(13)22-15/h1-2,5-6,8,10-11,17,24H,3-4,7,9H2. The van der Waals surface area contributed by atoms with Gasteiger partial charge in [-0.1, -0.05) is 30.5 Å². The Morgan fingerprint density at radius 2 is 2.20 bits per heavy atom. The van der Waals surface area contributed by atoms with Gasteiger partial charge in [0.2, 0.25) is 0 Å². The predicted octanol–water partition coefficient (Wildman–Crippen LogP) is 4.81. The molecule has 0 amide bonds. The van der Waals surface area contributed by atoms with Crippen molar-refractivity contribution in [2.75, 3.05) is 6.61 Å². The van der Waals surface area contributed by atoms with Crippen molar-refractivity contribution in [1.82, 2.24) is 5.06 Å². The molecule has 0 spiro atoms. The minimum absolute atomic E-state index is 0.0454. The van der Waals surface area contributed by atoms with Crippen molar-refractivity contribution in [2.45, 2.75) is 31.3 Å². The molecule has 1 N–H and O–H groups in total. The Morgan fingerprint density at radius 3 is 2.92 bits per heavy atom. The zero-order valence-corrected chi connectivity index (χ0v) is 14.1. The Hall–Kier alpha value is -1.76. The first-order valence-corrected chi connectivity index (χ1v) is 8.58. The third-order valence-corrected chi connectivity index (χ3v) is 5.03. The number of alkyl halides is 2. The molecule has 0 bridgehead atoms. The largest absolute Gasteiger partial charge is 0.359 e. The molecule has 1 atom stereocenters. The Bertz CT molecular complexity index is 789. The van der Waals surface area contributed by atoms with Gasteiger partial charge in [0, 0.05) is 29.0 Å². The normalized spacial score (nSPS) is 24.8. The van der Waals surface area contributed by atoms with Crippen LogP contribution in [-0.2, 0) is 10.3 Å². The smallest absolute Gasteiger partial charge is 0.275 e. The van der Waals surface area contributed by atoms with Gasteiger partial charge in [0.25, 0.3) is 6.43 Å². The van der Waals surface area contributed by atoms with E-state index < -0.39 is 12.0 Å². The van der Waals surface area contributed by atoms with Crippen LogP contribution in [0.5, 0.6) is 0 Å². The van der Waals surface area contributed by atoms with Crippen LogP contribution in [0.15, 0.2) is 47.1 Å². The van der Waals surface area contributed by atoms with Crippen LogP contribution in [0.2, 0.25) is 5.02 Å². The molecule has 1 aromatic rings. The zero-order chi connectivity index (χ0) is 17.6. The van der Waals surface area contributed by atoms with Crippen LogP contribution < -0.4 is 0 Å². The van der Waals surface area contributed by atoms with Crippen LogP contribution in [-0.4, -0.2) is 29.1 Å². The molecule has 0 aromatic heterocycles. The van der Waals surface area contributed by atoms with E-state index >= 15 is 0 Å². The number of rotatable bonds is 5. The number of ether oxygens (including phenoxy) is 1. The summed E-state index contributed by atoms with van der Waals surface area (Å²) in [5.41, 5.74) is -1.32. The SMILES string of the molecule is ON1C=CC=C2C1=Nc1ccc(Cl)cc1C2(OCCC1CC1)C(F)F. The average Bonchev–Trinajstić information content (AvgIpc) is 3.39. The van der Waals surface area contributed by atoms with E-state index in [4.69, 9.17) is 16.3 Å². The lowest BCUT2D eigenvalue weighted by molar-refractivity contribution is -0.123. The molecule has 0 radical (unpaired) electrons. The molecule has 4 nitrogen and oxygen atoms in total. The molecule has 25 heavy (non-hydrogen) atoms. The first kappa shape index (κ1) is 16.7. The van der Waals surface area contributed by atoms with Gasteiger partial charge in [0.1, 0.15) is 0 Å². The third-order valence-electron chi connectivity index (χ3n) is 4.79. The van der Waals surface area contributed by atoms with E-state index in [-0.39, 0.29) is 23.6 Å². The molecule has 0 saturated heterocycles. The maximum absolute atomic E-state index is 14.4.